The monoisotopic (exact) mass is 265 g/mol. The van der Waals surface area contributed by atoms with Gasteiger partial charge in [0.15, 0.2) is 0 Å². The smallest absolute Gasteiger partial charge is 0.269 e. The Morgan fingerprint density at radius 2 is 2.21 bits per heavy atom. The third-order valence-corrected chi connectivity index (χ3v) is 2.76. The minimum absolute atomic E-state index is 0.0208. The summed E-state index contributed by atoms with van der Waals surface area (Å²) in [5.41, 5.74) is 6.91. The minimum atomic E-state index is -0.457. The van der Waals surface area contributed by atoms with Gasteiger partial charge in [-0.2, -0.15) is 0 Å². The first kappa shape index (κ1) is 15.1. The number of nitrogens with zero attached hydrogens (tertiary/aromatic N) is 1. The Balaban J connectivity index is 2.57. The maximum atomic E-state index is 11.7. The molecular formula is C13H19N3O3. The normalized spacial score (nSPS) is 11.9. The van der Waals surface area contributed by atoms with Crippen LogP contribution in [0.15, 0.2) is 18.2 Å². The lowest BCUT2D eigenvalue weighted by Gasteiger charge is -2.09. The van der Waals surface area contributed by atoms with E-state index in [1.54, 1.807) is 13.0 Å². The molecule has 3 N–H and O–H groups in total. The summed E-state index contributed by atoms with van der Waals surface area (Å²) in [5, 5.41) is 13.3. The molecule has 1 aromatic carbocycles. The molecular weight excluding hydrogens is 246 g/mol. The molecule has 0 heterocycles. The van der Waals surface area contributed by atoms with Crippen molar-refractivity contribution in [2.75, 3.05) is 5.32 Å². The Labute approximate surface area is 112 Å². The number of carbonyl (C=O) groups is 1. The molecule has 0 spiro atoms. The molecule has 0 aliphatic rings. The Bertz CT molecular complexity index is 472. The number of aryl methyl sites for hydroxylation is 1. The highest BCUT2D eigenvalue weighted by molar-refractivity contribution is 5.91. The second-order valence-corrected chi connectivity index (χ2v) is 4.67. The number of amides is 1. The standard InChI is InChI=1S/C13H19N3O3/c1-9-8-11(16(18)19)6-7-12(9)15-13(17)5-3-4-10(2)14/h6-8,10H,3-5,14H2,1-2H3,(H,15,17). The zero-order valence-corrected chi connectivity index (χ0v) is 11.2. The molecule has 1 aromatic rings. The molecule has 1 rings (SSSR count). The molecule has 0 radical (unpaired) electrons. The number of non-ortho nitro benzene ring substituents is 1. The van der Waals surface area contributed by atoms with Crippen LogP contribution < -0.4 is 11.1 Å². The fourth-order valence-electron chi connectivity index (χ4n) is 1.70. The van der Waals surface area contributed by atoms with Crippen molar-refractivity contribution in [2.24, 2.45) is 5.73 Å². The molecule has 0 aliphatic carbocycles. The summed E-state index contributed by atoms with van der Waals surface area (Å²) in [4.78, 5) is 21.8. The van der Waals surface area contributed by atoms with E-state index in [9.17, 15) is 14.9 Å². The van der Waals surface area contributed by atoms with Crippen LogP contribution in [0.5, 0.6) is 0 Å². The zero-order chi connectivity index (χ0) is 14.4. The van der Waals surface area contributed by atoms with Gasteiger partial charge in [-0.3, -0.25) is 14.9 Å². The number of nitrogens with two attached hydrogens (primary N) is 1. The van der Waals surface area contributed by atoms with Crippen LogP contribution >= 0.6 is 0 Å². The first-order valence-electron chi connectivity index (χ1n) is 6.20. The molecule has 1 amide bonds. The third kappa shape index (κ3) is 5.05. The molecule has 0 fully saturated rings. The summed E-state index contributed by atoms with van der Waals surface area (Å²) in [6, 6.07) is 4.47. The van der Waals surface area contributed by atoms with Gasteiger partial charge in [0.05, 0.1) is 4.92 Å². The molecule has 6 nitrogen and oxygen atoms in total. The molecule has 0 bridgehead atoms. The lowest BCUT2D eigenvalue weighted by molar-refractivity contribution is -0.384. The van der Waals surface area contributed by atoms with Crippen molar-refractivity contribution in [2.45, 2.75) is 39.2 Å². The van der Waals surface area contributed by atoms with Gasteiger partial charge in [0.25, 0.3) is 5.69 Å². The molecule has 0 saturated heterocycles. The molecule has 6 heteroatoms. The van der Waals surface area contributed by atoms with Crippen molar-refractivity contribution in [3.8, 4) is 0 Å². The van der Waals surface area contributed by atoms with Crippen LogP contribution in [0.1, 0.15) is 31.7 Å². The van der Waals surface area contributed by atoms with Crippen molar-refractivity contribution in [1.29, 1.82) is 0 Å². The lowest BCUT2D eigenvalue weighted by Crippen LogP contribution is -2.17. The summed E-state index contributed by atoms with van der Waals surface area (Å²) >= 11 is 0. The Hall–Kier alpha value is -1.95. The summed E-state index contributed by atoms with van der Waals surface area (Å²) < 4.78 is 0. The van der Waals surface area contributed by atoms with Gasteiger partial charge >= 0.3 is 0 Å². The Morgan fingerprint density at radius 3 is 2.74 bits per heavy atom. The fourth-order valence-corrected chi connectivity index (χ4v) is 1.70. The average molecular weight is 265 g/mol. The maximum absolute atomic E-state index is 11.7. The number of benzene rings is 1. The highest BCUT2D eigenvalue weighted by Gasteiger charge is 2.10. The van der Waals surface area contributed by atoms with E-state index in [2.05, 4.69) is 5.32 Å². The number of anilines is 1. The van der Waals surface area contributed by atoms with Gasteiger partial charge < -0.3 is 11.1 Å². The minimum Gasteiger partial charge on any atom is -0.328 e. The third-order valence-electron chi connectivity index (χ3n) is 2.76. The van der Waals surface area contributed by atoms with E-state index < -0.39 is 4.92 Å². The molecule has 104 valence electrons. The predicted octanol–water partition coefficient (Wildman–Crippen LogP) is 2.36. The van der Waals surface area contributed by atoms with E-state index in [-0.39, 0.29) is 17.6 Å². The van der Waals surface area contributed by atoms with Gasteiger partial charge in [-0.1, -0.05) is 0 Å². The largest absolute Gasteiger partial charge is 0.328 e. The molecule has 0 aliphatic heterocycles. The van der Waals surface area contributed by atoms with Gasteiger partial charge in [-0.15, -0.1) is 0 Å². The van der Waals surface area contributed by atoms with E-state index in [0.717, 1.165) is 12.8 Å². The molecule has 0 aromatic heterocycles. The van der Waals surface area contributed by atoms with Crippen LogP contribution in [0, 0.1) is 17.0 Å². The van der Waals surface area contributed by atoms with Gasteiger partial charge in [-0.25, -0.2) is 0 Å². The number of hydrogen-bond donors (Lipinski definition) is 2. The average Bonchev–Trinajstić information content (AvgIpc) is 2.31. The van der Waals surface area contributed by atoms with E-state index in [4.69, 9.17) is 5.73 Å². The van der Waals surface area contributed by atoms with Crippen LogP contribution in [-0.4, -0.2) is 16.9 Å². The van der Waals surface area contributed by atoms with E-state index >= 15 is 0 Å². The van der Waals surface area contributed by atoms with Crippen molar-refractivity contribution in [1.82, 2.24) is 0 Å². The van der Waals surface area contributed by atoms with Crippen molar-refractivity contribution in [3.05, 3.63) is 33.9 Å². The van der Waals surface area contributed by atoms with Crippen LogP contribution in [-0.2, 0) is 4.79 Å². The summed E-state index contributed by atoms with van der Waals surface area (Å²) in [6.45, 7) is 3.63. The van der Waals surface area contributed by atoms with Crippen LogP contribution in [0.3, 0.4) is 0 Å². The van der Waals surface area contributed by atoms with Crippen molar-refractivity contribution in [3.63, 3.8) is 0 Å². The van der Waals surface area contributed by atoms with Crippen molar-refractivity contribution >= 4 is 17.3 Å². The van der Waals surface area contributed by atoms with E-state index in [1.807, 2.05) is 6.92 Å². The van der Waals surface area contributed by atoms with Gasteiger partial charge in [0.1, 0.15) is 0 Å². The second kappa shape index (κ2) is 6.84. The highest BCUT2D eigenvalue weighted by atomic mass is 16.6. The van der Waals surface area contributed by atoms with Crippen LogP contribution in [0.25, 0.3) is 0 Å². The van der Waals surface area contributed by atoms with E-state index in [0.29, 0.717) is 17.7 Å². The predicted molar refractivity (Wildman–Crippen MR) is 74.0 cm³/mol. The summed E-state index contributed by atoms with van der Waals surface area (Å²) in [6.07, 6.45) is 1.93. The first-order chi connectivity index (χ1) is 8.90. The molecule has 1 unspecified atom stereocenters. The summed E-state index contributed by atoms with van der Waals surface area (Å²) in [7, 11) is 0. The van der Waals surface area contributed by atoms with Gasteiger partial charge in [0.2, 0.25) is 5.91 Å². The summed E-state index contributed by atoms with van der Waals surface area (Å²) in [5.74, 6) is -0.0994. The maximum Gasteiger partial charge on any atom is 0.269 e. The van der Waals surface area contributed by atoms with E-state index in [1.165, 1.54) is 12.1 Å². The Kier molecular flexibility index (Phi) is 5.44. The number of nitro benzene ring substituents is 1. The second-order valence-electron chi connectivity index (χ2n) is 4.67. The quantitative estimate of drug-likeness (QED) is 0.609. The SMILES string of the molecule is Cc1cc([N+](=O)[O-])ccc1NC(=O)CCCC(C)N. The molecule has 1 atom stereocenters. The number of nitrogens with one attached hydrogen (secondary N) is 1. The Morgan fingerprint density at radius 1 is 1.53 bits per heavy atom. The van der Waals surface area contributed by atoms with Crippen LogP contribution in [0.2, 0.25) is 0 Å². The number of rotatable bonds is 6. The number of hydrogen-bond acceptors (Lipinski definition) is 4. The number of carbonyl (C=O) groups excluding carboxylic acids is 1. The lowest BCUT2D eigenvalue weighted by atomic mass is 10.1. The zero-order valence-electron chi connectivity index (χ0n) is 11.2. The van der Waals surface area contributed by atoms with Crippen LogP contribution in [0.4, 0.5) is 11.4 Å². The molecule has 0 saturated carbocycles. The first-order valence-corrected chi connectivity index (χ1v) is 6.20. The highest BCUT2D eigenvalue weighted by Crippen LogP contribution is 2.21. The topological polar surface area (TPSA) is 98.3 Å². The number of nitro groups is 1. The molecule has 19 heavy (non-hydrogen) atoms. The van der Waals surface area contributed by atoms with Gasteiger partial charge in [-0.05, 0) is 38.3 Å². The fraction of sp³-hybridized carbons (Fsp3) is 0.462. The van der Waals surface area contributed by atoms with Crippen molar-refractivity contribution < 1.29 is 9.72 Å². The van der Waals surface area contributed by atoms with Gasteiger partial charge in [0, 0.05) is 30.3 Å².